The zero-order valence-corrected chi connectivity index (χ0v) is 10.8. The minimum Gasteiger partial charge on any atom is -0.367 e. The van der Waals surface area contributed by atoms with Crippen LogP contribution in [0, 0.1) is 0 Å². The zero-order chi connectivity index (χ0) is 13.7. The fraction of sp³-hybridized carbons (Fsp3) is 0.333. The van der Waals surface area contributed by atoms with Crippen molar-refractivity contribution in [3.05, 3.63) is 17.7 Å². The van der Waals surface area contributed by atoms with Gasteiger partial charge in [-0.1, -0.05) is 0 Å². The lowest BCUT2D eigenvalue weighted by atomic mass is 10.2. The van der Waals surface area contributed by atoms with Gasteiger partial charge >= 0.3 is 6.18 Å². The summed E-state index contributed by atoms with van der Waals surface area (Å²) in [5.41, 5.74) is -0.868. The highest BCUT2D eigenvalue weighted by atomic mass is 32.3. The lowest BCUT2D eigenvalue weighted by molar-refractivity contribution is -0.139. The second-order valence-corrected chi connectivity index (χ2v) is 6.15. The fourth-order valence-electron chi connectivity index (χ4n) is 1.72. The van der Waals surface area contributed by atoms with E-state index in [-0.39, 0.29) is 15.5 Å². The van der Waals surface area contributed by atoms with E-state index in [1.54, 1.807) is 6.92 Å². The van der Waals surface area contributed by atoms with Gasteiger partial charge in [0.2, 0.25) is 0 Å². The molecule has 1 unspecified atom stereocenters. The number of alkyl halides is 3. The Morgan fingerprint density at radius 1 is 1.33 bits per heavy atom. The maximum atomic E-state index is 12.7. The highest BCUT2D eigenvalue weighted by molar-refractivity contribution is 8.22. The Labute approximate surface area is 108 Å². The molecule has 0 aromatic heterocycles. The Morgan fingerprint density at radius 3 is 2.50 bits per heavy atom. The maximum Gasteiger partial charge on any atom is 0.417 e. The average molecular weight is 300 g/mol. The van der Waals surface area contributed by atoms with Crippen molar-refractivity contribution in [2.75, 3.05) is 5.32 Å². The van der Waals surface area contributed by atoms with Gasteiger partial charge in [-0.15, -0.1) is 23.4 Å². The molecule has 9 heteroatoms. The van der Waals surface area contributed by atoms with Crippen LogP contribution in [0.4, 0.5) is 18.9 Å². The Bertz CT molecular complexity index is 493. The zero-order valence-electron chi connectivity index (χ0n) is 9.12. The Morgan fingerprint density at radius 2 is 1.94 bits per heavy atom. The topological polar surface area (TPSA) is 64.5 Å². The molecule has 2 rings (SSSR count). The first-order valence-corrected chi connectivity index (χ1v) is 6.87. The van der Waals surface area contributed by atoms with Crippen LogP contribution in [0.5, 0.6) is 0 Å². The maximum absolute atomic E-state index is 12.7. The number of hydrogen-bond acceptors (Lipinski definition) is 5. The SMILES string of the molecule is CC1Nc2cc(C(F)(F)F)c(S)cc2S(O)(O)N1. The van der Waals surface area contributed by atoms with Gasteiger partial charge in [-0.2, -0.15) is 17.9 Å². The van der Waals surface area contributed by atoms with Gasteiger partial charge in [0.1, 0.15) is 0 Å². The second kappa shape index (κ2) is 4.20. The van der Waals surface area contributed by atoms with Crippen LogP contribution >= 0.6 is 23.4 Å². The number of thiol groups is 1. The van der Waals surface area contributed by atoms with Crippen LogP contribution < -0.4 is 10.0 Å². The minimum atomic E-state index is -4.54. The first kappa shape index (κ1) is 13.8. The molecule has 4 nitrogen and oxygen atoms in total. The van der Waals surface area contributed by atoms with Crippen molar-refractivity contribution >= 4 is 29.1 Å². The molecule has 0 saturated carbocycles. The van der Waals surface area contributed by atoms with E-state index in [2.05, 4.69) is 22.7 Å². The van der Waals surface area contributed by atoms with Gasteiger partial charge in [0.05, 0.1) is 22.3 Å². The molecule has 1 aromatic rings. The van der Waals surface area contributed by atoms with E-state index in [0.717, 1.165) is 12.1 Å². The summed E-state index contributed by atoms with van der Waals surface area (Å²) in [6.45, 7) is 1.57. The summed E-state index contributed by atoms with van der Waals surface area (Å²) in [5.74, 6) is 0. The Kier molecular flexibility index (Phi) is 3.23. The van der Waals surface area contributed by atoms with E-state index < -0.39 is 28.7 Å². The molecule has 0 aliphatic carbocycles. The molecule has 4 N–H and O–H groups in total. The molecule has 0 spiro atoms. The highest BCUT2D eigenvalue weighted by Crippen LogP contribution is 2.53. The molecule has 1 atom stereocenters. The molecule has 1 aromatic carbocycles. The molecule has 0 saturated heterocycles. The van der Waals surface area contributed by atoms with Crippen LogP contribution in [0.25, 0.3) is 0 Å². The van der Waals surface area contributed by atoms with Gasteiger partial charge in [0, 0.05) is 4.90 Å². The first-order chi connectivity index (χ1) is 8.11. The smallest absolute Gasteiger partial charge is 0.367 e. The van der Waals surface area contributed by atoms with Gasteiger partial charge in [0.25, 0.3) is 0 Å². The largest absolute Gasteiger partial charge is 0.417 e. The summed E-state index contributed by atoms with van der Waals surface area (Å²) in [5, 5.41) is 2.71. The summed E-state index contributed by atoms with van der Waals surface area (Å²) in [4.78, 5) is -0.363. The van der Waals surface area contributed by atoms with E-state index in [9.17, 15) is 22.3 Å². The number of halogens is 3. The lowest BCUT2D eigenvalue weighted by Gasteiger charge is -2.42. The third-order valence-electron chi connectivity index (χ3n) is 2.42. The van der Waals surface area contributed by atoms with E-state index in [1.807, 2.05) is 0 Å². The van der Waals surface area contributed by atoms with Crippen molar-refractivity contribution in [3.63, 3.8) is 0 Å². The van der Waals surface area contributed by atoms with Crippen LogP contribution in [0.3, 0.4) is 0 Å². The molecule has 0 fully saturated rings. The van der Waals surface area contributed by atoms with E-state index in [4.69, 9.17) is 0 Å². The lowest BCUT2D eigenvalue weighted by Crippen LogP contribution is -2.40. The molecule has 1 aliphatic rings. The van der Waals surface area contributed by atoms with Gasteiger partial charge in [-0.25, -0.2) is 0 Å². The number of fused-ring (bicyclic) bond motifs is 1. The molecule has 0 radical (unpaired) electrons. The average Bonchev–Trinajstić information content (AvgIpc) is 2.15. The molecule has 102 valence electrons. The van der Waals surface area contributed by atoms with E-state index >= 15 is 0 Å². The molecule has 1 aliphatic heterocycles. The van der Waals surface area contributed by atoms with Crippen LogP contribution in [0.15, 0.2) is 21.9 Å². The second-order valence-electron chi connectivity index (χ2n) is 3.90. The summed E-state index contributed by atoms with van der Waals surface area (Å²) < 4.78 is 60.1. The van der Waals surface area contributed by atoms with Crippen LogP contribution in [0.1, 0.15) is 12.5 Å². The summed E-state index contributed by atoms with van der Waals surface area (Å²) in [6, 6.07) is 1.85. The third-order valence-corrected chi connectivity index (χ3v) is 4.43. The number of rotatable bonds is 0. The van der Waals surface area contributed by atoms with Crippen LogP contribution in [0.2, 0.25) is 0 Å². The number of benzene rings is 1. The summed E-state index contributed by atoms with van der Waals surface area (Å²) in [6.07, 6.45) is -5.08. The molecule has 0 amide bonds. The van der Waals surface area contributed by atoms with Crippen LogP contribution in [-0.4, -0.2) is 15.3 Å². The molecule has 0 bridgehead atoms. The Hall–Kier alpha value is -0.610. The quantitative estimate of drug-likeness (QED) is 0.477. The standard InChI is InChI=1S/C9H11F3N2O2S2/c1-4-13-6-2-5(9(10,11)12)7(17)3-8(6)18(15,16)14-4/h2-4,13-17H,1H3. The number of anilines is 1. The normalized spacial score (nSPS) is 24.1. The van der Waals surface area contributed by atoms with E-state index in [1.165, 1.54) is 0 Å². The fourth-order valence-corrected chi connectivity index (χ4v) is 3.51. The van der Waals surface area contributed by atoms with Crippen molar-refractivity contribution in [2.45, 2.75) is 29.1 Å². The molecular weight excluding hydrogens is 289 g/mol. The van der Waals surface area contributed by atoms with Crippen molar-refractivity contribution in [3.8, 4) is 0 Å². The van der Waals surface area contributed by atoms with Crippen molar-refractivity contribution in [2.24, 2.45) is 0 Å². The van der Waals surface area contributed by atoms with Gasteiger partial charge < -0.3 is 5.32 Å². The minimum absolute atomic E-state index is 0.0152. The van der Waals surface area contributed by atoms with Crippen LogP contribution in [-0.2, 0) is 6.18 Å². The monoisotopic (exact) mass is 300 g/mol. The van der Waals surface area contributed by atoms with Gasteiger partial charge in [-0.3, -0.25) is 9.11 Å². The third kappa shape index (κ3) is 2.41. The molecule has 18 heavy (non-hydrogen) atoms. The Balaban J connectivity index is 2.60. The van der Waals surface area contributed by atoms with Crippen molar-refractivity contribution in [1.82, 2.24) is 4.72 Å². The first-order valence-electron chi connectivity index (χ1n) is 4.87. The number of hydrogen-bond donors (Lipinski definition) is 5. The van der Waals surface area contributed by atoms with Crippen molar-refractivity contribution < 1.29 is 22.3 Å². The van der Waals surface area contributed by atoms with Crippen molar-refractivity contribution in [1.29, 1.82) is 0 Å². The highest BCUT2D eigenvalue weighted by Gasteiger charge is 2.36. The van der Waals surface area contributed by atoms with Gasteiger partial charge in [-0.05, 0) is 19.1 Å². The van der Waals surface area contributed by atoms with Gasteiger partial charge in [0.15, 0.2) is 0 Å². The summed E-state index contributed by atoms with van der Waals surface area (Å²) in [7, 11) is -3.30. The number of nitrogens with one attached hydrogen (secondary N) is 2. The molecular formula is C9H11F3N2O2S2. The van der Waals surface area contributed by atoms with E-state index in [0.29, 0.717) is 0 Å². The molecule has 1 heterocycles. The summed E-state index contributed by atoms with van der Waals surface area (Å²) >= 11 is 3.74. The predicted octanol–water partition coefficient (Wildman–Crippen LogP) is 3.38. The predicted molar refractivity (Wildman–Crippen MR) is 66.0 cm³/mol.